The van der Waals surface area contributed by atoms with Gasteiger partial charge in [-0.1, -0.05) is 28.4 Å². The molecule has 0 bridgehead atoms. The zero-order valence-electron chi connectivity index (χ0n) is 9.39. The van der Waals surface area contributed by atoms with E-state index in [4.69, 9.17) is 28.4 Å². The molecule has 6 heteroatoms. The number of hydrogen-bond donors (Lipinski definition) is 1. The van der Waals surface area contributed by atoms with Crippen molar-refractivity contribution in [3.63, 3.8) is 0 Å². The molecule has 0 aliphatic heterocycles. The minimum absolute atomic E-state index is 0.384. The summed E-state index contributed by atoms with van der Waals surface area (Å²) in [6, 6.07) is 4.83. The van der Waals surface area contributed by atoms with Crippen LogP contribution >= 0.6 is 23.2 Å². The zero-order valence-corrected chi connectivity index (χ0v) is 10.9. The van der Waals surface area contributed by atoms with Gasteiger partial charge in [0, 0.05) is 18.9 Å². The topological polar surface area (TPSA) is 58.7 Å². The van der Waals surface area contributed by atoms with Crippen molar-refractivity contribution in [3.8, 4) is 0 Å². The Morgan fingerprint density at radius 3 is 2.59 bits per heavy atom. The van der Waals surface area contributed by atoms with Crippen LogP contribution in [0.1, 0.15) is 19.4 Å². The third-order valence-corrected chi connectivity index (χ3v) is 2.72. The number of hydrogen-bond acceptors (Lipinski definition) is 3. The zero-order chi connectivity index (χ0) is 13.1. The molecule has 0 saturated heterocycles. The third kappa shape index (κ3) is 3.61. The predicted octanol–water partition coefficient (Wildman–Crippen LogP) is 3.16. The standard InChI is InChI=1S/C11H12Cl2N2O2/c1-11(2,7-14-16)15(17)6-8-3-4-9(12)5-10(8)13/h3-7,16H,1-2H3. The Hall–Kier alpha value is -1.26. The fourth-order valence-electron chi connectivity index (χ4n) is 1.10. The van der Waals surface area contributed by atoms with E-state index in [1.54, 1.807) is 32.0 Å². The highest BCUT2D eigenvalue weighted by molar-refractivity contribution is 6.36. The number of benzene rings is 1. The van der Waals surface area contributed by atoms with E-state index < -0.39 is 5.54 Å². The van der Waals surface area contributed by atoms with E-state index in [2.05, 4.69) is 5.16 Å². The van der Waals surface area contributed by atoms with Crippen LogP contribution in [0.5, 0.6) is 0 Å². The van der Waals surface area contributed by atoms with Gasteiger partial charge < -0.3 is 10.4 Å². The molecule has 17 heavy (non-hydrogen) atoms. The molecule has 0 saturated carbocycles. The normalized spacial score (nSPS) is 13.3. The molecule has 92 valence electrons. The van der Waals surface area contributed by atoms with E-state index >= 15 is 0 Å². The molecule has 1 aromatic carbocycles. The van der Waals surface area contributed by atoms with E-state index in [9.17, 15) is 5.21 Å². The SMILES string of the molecule is CC(C)(C=NO)[N+]([O-])=Cc1ccc(Cl)cc1Cl. The van der Waals surface area contributed by atoms with Crippen molar-refractivity contribution in [1.29, 1.82) is 0 Å². The molecule has 0 radical (unpaired) electrons. The van der Waals surface area contributed by atoms with Crippen LogP contribution < -0.4 is 0 Å². The Labute approximate surface area is 109 Å². The Kier molecular flexibility index (Phi) is 4.37. The van der Waals surface area contributed by atoms with Crippen molar-refractivity contribution < 1.29 is 9.95 Å². The molecule has 0 aromatic heterocycles. The second-order valence-electron chi connectivity index (χ2n) is 4.02. The molecule has 0 aliphatic rings. The highest BCUT2D eigenvalue weighted by atomic mass is 35.5. The molecular weight excluding hydrogens is 263 g/mol. The molecule has 0 spiro atoms. The summed E-state index contributed by atoms with van der Waals surface area (Å²) >= 11 is 11.7. The van der Waals surface area contributed by atoms with Gasteiger partial charge in [-0.05, 0) is 18.2 Å². The van der Waals surface area contributed by atoms with Crippen molar-refractivity contribution in [3.05, 3.63) is 39.0 Å². The van der Waals surface area contributed by atoms with Crippen molar-refractivity contribution in [2.75, 3.05) is 0 Å². The molecule has 0 unspecified atom stereocenters. The smallest absolute Gasteiger partial charge is 0.205 e. The van der Waals surface area contributed by atoms with Gasteiger partial charge in [-0.3, -0.25) is 0 Å². The van der Waals surface area contributed by atoms with Gasteiger partial charge in [0.25, 0.3) is 0 Å². The van der Waals surface area contributed by atoms with Gasteiger partial charge in [0.1, 0.15) is 6.21 Å². The van der Waals surface area contributed by atoms with E-state index in [0.29, 0.717) is 20.3 Å². The lowest BCUT2D eigenvalue weighted by Gasteiger charge is -2.18. The summed E-state index contributed by atoms with van der Waals surface area (Å²) in [4.78, 5) is 0. The fraction of sp³-hybridized carbons (Fsp3) is 0.273. The van der Waals surface area contributed by atoms with Gasteiger partial charge in [0.2, 0.25) is 5.54 Å². The average Bonchev–Trinajstić information content (AvgIpc) is 2.22. The number of nitrogens with zero attached hydrogens (tertiary/aromatic N) is 2. The average molecular weight is 275 g/mol. The quantitative estimate of drug-likeness (QED) is 0.303. The monoisotopic (exact) mass is 274 g/mol. The Balaban J connectivity index is 3.10. The first-order chi connectivity index (χ1) is 7.86. The second-order valence-corrected chi connectivity index (χ2v) is 4.86. The van der Waals surface area contributed by atoms with Gasteiger partial charge in [-0.2, -0.15) is 0 Å². The van der Waals surface area contributed by atoms with E-state index in [0.717, 1.165) is 6.21 Å². The van der Waals surface area contributed by atoms with Gasteiger partial charge in [-0.25, -0.2) is 4.74 Å². The van der Waals surface area contributed by atoms with E-state index in [1.807, 2.05) is 0 Å². The largest absolute Gasteiger partial charge is 0.623 e. The maximum Gasteiger partial charge on any atom is 0.205 e. The molecule has 0 amide bonds. The maximum atomic E-state index is 11.8. The summed E-state index contributed by atoms with van der Waals surface area (Å²) < 4.78 is 0.655. The first kappa shape index (κ1) is 13.8. The van der Waals surface area contributed by atoms with Crippen molar-refractivity contribution in [1.82, 2.24) is 0 Å². The fourth-order valence-corrected chi connectivity index (χ4v) is 1.55. The first-order valence-electron chi connectivity index (χ1n) is 4.82. The van der Waals surface area contributed by atoms with Gasteiger partial charge in [-0.15, -0.1) is 0 Å². The number of halogens is 2. The van der Waals surface area contributed by atoms with Crippen LogP contribution in [-0.4, -0.2) is 27.9 Å². The van der Waals surface area contributed by atoms with Crippen LogP contribution in [0.3, 0.4) is 0 Å². The Morgan fingerprint density at radius 2 is 2.06 bits per heavy atom. The molecule has 1 rings (SSSR count). The molecular formula is C11H12Cl2N2O2. The number of rotatable bonds is 3. The summed E-state index contributed by atoms with van der Waals surface area (Å²) in [5, 5.41) is 24.0. The highest BCUT2D eigenvalue weighted by Gasteiger charge is 2.24. The van der Waals surface area contributed by atoms with E-state index in [-0.39, 0.29) is 0 Å². The van der Waals surface area contributed by atoms with Crippen molar-refractivity contribution in [2.45, 2.75) is 19.4 Å². The van der Waals surface area contributed by atoms with Crippen LogP contribution in [0, 0.1) is 5.21 Å². The molecule has 1 aromatic rings. The Bertz CT molecular complexity index is 471. The first-order valence-corrected chi connectivity index (χ1v) is 5.57. The van der Waals surface area contributed by atoms with E-state index in [1.165, 1.54) is 6.21 Å². The molecule has 0 fully saturated rings. The van der Waals surface area contributed by atoms with Crippen molar-refractivity contribution in [2.24, 2.45) is 5.16 Å². The lowest BCUT2D eigenvalue weighted by molar-refractivity contribution is -0.511. The summed E-state index contributed by atoms with van der Waals surface area (Å²) in [5.74, 6) is 0. The van der Waals surface area contributed by atoms with Crippen molar-refractivity contribution >= 4 is 35.6 Å². The molecule has 0 atom stereocenters. The molecule has 0 heterocycles. The third-order valence-electron chi connectivity index (χ3n) is 2.16. The molecule has 1 N–H and O–H groups in total. The van der Waals surface area contributed by atoms with Crippen LogP contribution in [0.25, 0.3) is 0 Å². The number of hydroxylamine groups is 1. The summed E-state index contributed by atoms with van der Waals surface area (Å²) in [7, 11) is 0. The highest BCUT2D eigenvalue weighted by Crippen LogP contribution is 2.20. The summed E-state index contributed by atoms with van der Waals surface area (Å²) in [6.07, 6.45) is 2.46. The summed E-state index contributed by atoms with van der Waals surface area (Å²) in [5.41, 5.74) is -0.414. The summed E-state index contributed by atoms with van der Waals surface area (Å²) in [6.45, 7) is 3.22. The lowest BCUT2D eigenvalue weighted by atomic mass is 10.1. The van der Waals surface area contributed by atoms with Crippen LogP contribution in [0.15, 0.2) is 23.4 Å². The molecule has 0 aliphatic carbocycles. The van der Waals surface area contributed by atoms with Crippen LogP contribution in [0.4, 0.5) is 0 Å². The van der Waals surface area contributed by atoms with Gasteiger partial charge in [0.05, 0.1) is 10.6 Å². The minimum atomic E-state index is -0.961. The predicted molar refractivity (Wildman–Crippen MR) is 69.6 cm³/mol. The lowest BCUT2D eigenvalue weighted by Crippen LogP contribution is -2.35. The number of oxime groups is 1. The van der Waals surface area contributed by atoms with Crippen LogP contribution in [0.2, 0.25) is 10.0 Å². The maximum absolute atomic E-state index is 11.8. The minimum Gasteiger partial charge on any atom is -0.623 e. The van der Waals surface area contributed by atoms with Gasteiger partial charge >= 0.3 is 0 Å². The second kappa shape index (κ2) is 5.38. The van der Waals surface area contributed by atoms with Crippen LogP contribution in [-0.2, 0) is 0 Å². The Morgan fingerprint density at radius 1 is 1.41 bits per heavy atom. The molecule has 4 nitrogen and oxygen atoms in total. The van der Waals surface area contributed by atoms with Gasteiger partial charge in [0.15, 0.2) is 6.21 Å².